The molecule has 7 heteroatoms. The van der Waals surface area contributed by atoms with E-state index in [4.69, 9.17) is 5.21 Å². The van der Waals surface area contributed by atoms with Gasteiger partial charge in [0.05, 0.1) is 0 Å². The lowest BCUT2D eigenvalue weighted by molar-refractivity contribution is 0.0268. The second kappa shape index (κ2) is 10.5. The molecule has 0 spiro atoms. The number of benzene rings is 2. The number of hydrogen-bond donors (Lipinski definition) is 2. The van der Waals surface area contributed by atoms with Crippen molar-refractivity contribution in [1.29, 1.82) is 0 Å². The summed E-state index contributed by atoms with van der Waals surface area (Å²) in [5, 5.41) is 8.77. The van der Waals surface area contributed by atoms with Crippen LogP contribution in [-0.4, -0.2) is 70.0 Å². The Bertz CT molecular complexity index is 960. The largest absolute Gasteiger partial charge is 0.331 e. The number of piperazine rings is 1. The third-order valence-corrected chi connectivity index (χ3v) is 6.73. The minimum absolute atomic E-state index is 0.0999. The predicted molar refractivity (Wildman–Crippen MR) is 127 cm³/mol. The van der Waals surface area contributed by atoms with Crippen molar-refractivity contribution in [3.63, 3.8) is 0 Å². The van der Waals surface area contributed by atoms with E-state index in [1.165, 1.54) is 18.4 Å². The highest BCUT2D eigenvalue weighted by Gasteiger charge is 2.33. The molecule has 2 atom stereocenters. The van der Waals surface area contributed by atoms with Gasteiger partial charge in [-0.3, -0.25) is 24.6 Å². The van der Waals surface area contributed by atoms with E-state index in [1.54, 1.807) is 17.6 Å². The number of carbonyl (C=O) groups excluding carboxylic acids is 2. The highest BCUT2D eigenvalue weighted by atomic mass is 16.5. The number of likely N-dealkylation sites (tertiary alicyclic amines) is 1. The van der Waals surface area contributed by atoms with Crippen LogP contribution in [0.25, 0.3) is 0 Å². The van der Waals surface area contributed by atoms with E-state index in [-0.39, 0.29) is 18.0 Å². The summed E-state index contributed by atoms with van der Waals surface area (Å²) in [6.07, 6.45) is 2.53. The van der Waals surface area contributed by atoms with Crippen molar-refractivity contribution < 1.29 is 14.8 Å². The van der Waals surface area contributed by atoms with Gasteiger partial charge in [-0.2, -0.15) is 0 Å². The second-order valence-corrected chi connectivity index (χ2v) is 9.43. The van der Waals surface area contributed by atoms with Gasteiger partial charge in [-0.05, 0) is 75.2 Å². The third kappa shape index (κ3) is 5.61. The molecule has 7 nitrogen and oxygen atoms in total. The molecule has 2 aliphatic rings. The van der Waals surface area contributed by atoms with Gasteiger partial charge in [0.1, 0.15) is 0 Å². The van der Waals surface area contributed by atoms with Crippen molar-refractivity contribution in [1.82, 2.24) is 20.2 Å². The lowest BCUT2D eigenvalue weighted by atomic mass is 10.0. The van der Waals surface area contributed by atoms with Crippen LogP contribution in [0, 0.1) is 0 Å². The van der Waals surface area contributed by atoms with Gasteiger partial charge in [-0.25, -0.2) is 5.48 Å². The van der Waals surface area contributed by atoms with Crippen LogP contribution in [0.1, 0.15) is 58.5 Å². The van der Waals surface area contributed by atoms with Crippen LogP contribution >= 0.6 is 0 Å². The number of rotatable bonds is 6. The van der Waals surface area contributed by atoms with Crippen molar-refractivity contribution >= 4 is 11.8 Å². The Morgan fingerprint density at radius 2 is 1.52 bits per heavy atom. The molecule has 2 N–H and O–H groups in total. The first-order chi connectivity index (χ1) is 15.9. The Labute approximate surface area is 195 Å². The summed E-state index contributed by atoms with van der Waals surface area (Å²) in [7, 11) is 0. The van der Waals surface area contributed by atoms with E-state index in [2.05, 4.69) is 35.8 Å². The van der Waals surface area contributed by atoms with Crippen LogP contribution in [0.2, 0.25) is 0 Å². The van der Waals surface area contributed by atoms with Crippen molar-refractivity contribution in [2.75, 3.05) is 26.2 Å². The molecule has 0 unspecified atom stereocenters. The molecule has 2 aromatic rings. The van der Waals surface area contributed by atoms with Crippen LogP contribution in [0.4, 0.5) is 0 Å². The van der Waals surface area contributed by atoms with E-state index < -0.39 is 5.91 Å². The second-order valence-electron chi connectivity index (χ2n) is 9.43. The normalized spacial score (nSPS) is 21.8. The molecule has 2 saturated heterocycles. The summed E-state index contributed by atoms with van der Waals surface area (Å²) in [5.41, 5.74) is 5.15. The SMILES string of the molecule is C[C@@H]1CN(Cc2ccc(C(=O)NO)cc2)C[C@H](C)N1C(=O)c1cccc(CN2CCCC2)c1. The molecule has 0 radical (unpaired) electrons. The Hall–Kier alpha value is -2.74. The van der Waals surface area contributed by atoms with Gasteiger partial charge in [0.25, 0.3) is 11.8 Å². The molecular formula is C26H34N4O3. The quantitative estimate of drug-likeness (QED) is 0.522. The average Bonchev–Trinajstić information content (AvgIpc) is 3.32. The summed E-state index contributed by atoms with van der Waals surface area (Å²) in [4.78, 5) is 31.8. The molecule has 4 rings (SSSR count). The van der Waals surface area contributed by atoms with Gasteiger partial charge < -0.3 is 4.90 Å². The van der Waals surface area contributed by atoms with E-state index >= 15 is 0 Å². The van der Waals surface area contributed by atoms with Crippen LogP contribution < -0.4 is 5.48 Å². The van der Waals surface area contributed by atoms with Gasteiger partial charge in [0.15, 0.2) is 0 Å². The monoisotopic (exact) mass is 450 g/mol. The zero-order valence-corrected chi connectivity index (χ0v) is 19.5. The highest BCUT2D eigenvalue weighted by Crippen LogP contribution is 2.22. The van der Waals surface area contributed by atoms with Gasteiger partial charge >= 0.3 is 0 Å². The van der Waals surface area contributed by atoms with Gasteiger partial charge in [-0.1, -0.05) is 24.3 Å². The zero-order valence-electron chi connectivity index (χ0n) is 19.5. The fourth-order valence-corrected chi connectivity index (χ4v) is 5.20. The van der Waals surface area contributed by atoms with Crippen molar-refractivity contribution in [2.45, 2.75) is 51.9 Å². The number of nitrogens with zero attached hydrogens (tertiary/aromatic N) is 3. The molecular weight excluding hydrogens is 416 g/mol. The van der Waals surface area contributed by atoms with Crippen molar-refractivity contribution in [3.05, 3.63) is 70.8 Å². The molecule has 33 heavy (non-hydrogen) atoms. The average molecular weight is 451 g/mol. The van der Waals surface area contributed by atoms with E-state index in [9.17, 15) is 9.59 Å². The van der Waals surface area contributed by atoms with E-state index in [0.29, 0.717) is 5.56 Å². The van der Waals surface area contributed by atoms with Crippen LogP contribution in [0.15, 0.2) is 48.5 Å². The topological polar surface area (TPSA) is 76.1 Å². The third-order valence-electron chi connectivity index (χ3n) is 6.73. The van der Waals surface area contributed by atoms with Gasteiger partial charge in [-0.15, -0.1) is 0 Å². The summed E-state index contributed by atoms with van der Waals surface area (Å²) >= 11 is 0. The summed E-state index contributed by atoms with van der Waals surface area (Å²) < 4.78 is 0. The minimum Gasteiger partial charge on any atom is -0.331 e. The smallest absolute Gasteiger partial charge is 0.274 e. The predicted octanol–water partition coefficient (Wildman–Crippen LogP) is 3.14. The molecule has 0 aliphatic carbocycles. The van der Waals surface area contributed by atoms with Gasteiger partial charge in [0, 0.05) is 49.4 Å². The maximum atomic E-state index is 13.4. The van der Waals surface area contributed by atoms with E-state index in [0.717, 1.165) is 50.4 Å². The minimum atomic E-state index is -0.513. The number of nitrogens with one attached hydrogen (secondary N) is 1. The molecule has 2 heterocycles. The first-order valence-corrected chi connectivity index (χ1v) is 11.8. The van der Waals surface area contributed by atoms with Gasteiger partial charge in [0.2, 0.25) is 0 Å². The maximum absolute atomic E-state index is 13.4. The first kappa shape index (κ1) is 23.4. The lowest BCUT2D eigenvalue weighted by Gasteiger charge is -2.44. The summed E-state index contributed by atoms with van der Waals surface area (Å²) in [6, 6.07) is 15.6. The number of hydroxylamine groups is 1. The number of hydrogen-bond acceptors (Lipinski definition) is 5. The molecule has 2 aliphatic heterocycles. The molecule has 176 valence electrons. The fourth-order valence-electron chi connectivity index (χ4n) is 5.20. The molecule has 2 amide bonds. The molecule has 2 aromatic carbocycles. The molecule has 0 bridgehead atoms. The Kier molecular flexibility index (Phi) is 7.42. The Morgan fingerprint density at radius 3 is 2.15 bits per heavy atom. The Balaban J connectivity index is 1.38. The van der Waals surface area contributed by atoms with Crippen LogP contribution in [-0.2, 0) is 13.1 Å². The highest BCUT2D eigenvalue weighted by molar-refractivity contribution is 5.95. The van der Waals surface area contributed by atoms with Crippen LogP contribution in [0.5, 0.6) is 0 Å². The Morgan fingerprint density at radius 1 is 0.879 bits per heavy atom. The lowest BCUT2D eigenvalue weighted by Crippen LogP contribution is -2.58. The summed E-state index contributed by atoms with van der Waals surface area (Å²) in [6.45, 7) is 9.77. The molecule has 0 saturated carbocycles. The number of amides is 2. The standard InChI is InChI=1S/C26H34N4O3/c1-19-15-29(17-21-8-10-23(11-9-21)25(31)27-33)16-20(2)30(19)26(32)24-7-5-6-22(14-24)18-28-12-3-4-13-28/h5-11,14,19-20,33H,3-4,12-13,15-18H2,1-2H3,(H,27,31)/t19-,20+. The first-order valence-electron chi connectivity index (χ1n) is 11.8. The van der Waals surface area contributed by atoms with Crippen molar-refractivity contribution in [3.8, 4) is 0 Å². The fraction of sp³-hybridized carbons (Fsp3) is 0.462. The maximum Gasteiger partial charge on any atom is 0.274 e. The number of carbonyl (C=O) groups is 2. The zero-order chi connectivity index (χ0) is 23.4. The molecule has 2 fully saturated rings. The summed E-state index contributed by atoms with van der Waals surface area (Å²) in [5.74, 6) is -0.405. The van der Waals surface area contributed by atoms with E-state index in [1.807, 2.05) is 29.2 Å². The molecule has 0 aromatic heterocycles. The van der Waals surface area contributed by atoms with Crippen molar-refractivity contribution in [2.24, 2.45) is 0 Å². The van der Waals surface area contributed by atoms with Crippen LogP contribution in [0.3, 0.4) is 0 Å².